The first-order valence-corrected chi connectivity index (χ1v) is 5.48. The lowest BCUT2D eigenvalue weighted by molar-refractivity contribution is -0.650. The van der Waals surface area contributed by atoms with Crippen LogP contribution in [-0.2, 0) is 4.79 Å². The second kappa shape index (κ2) is 6.85. The molecule has 1 aromatic carbocycles. The maximum absolute atomic E-state index is 10.2. The summed E-state index contributed by atoms with van der Waals surface area (Å²) in [5.74, 6) is -1.00. The molecule has 0 amide bonds. The number of benzene rings is 1. The quantitative estimate of drug-likeness (QED) is 0.591. The smallest absolute Gasteiger partial charge is 0.116 e. The van der Waals surface area contributed by atoms with Crippen LogP contribution in [0, 0.1) is 0 Å². The first-order valence-electron chi connectivity index (χ1n) is 5.48. The van der Waals surface area contributed by atoms with E-state index in [1.165, 1.54) is 5.69 Å². The summed E-state index contributed by atoms with van der Waals surface area (Å²) in [6.07, 6.45) is 0.957. The molecule has 4 nitrogen and oxygen atoms in total. The van der Waals surface area contributed by atoms with E-state index >= 15 is 0 Å². The molecule has 0 saturated carbocycles. The number of aliphatic carboxylic acids is 1. The van der Waals surface area contributed by atoms with Crippen molar-refractivity contribution < 1.29 is 15.2 Å². The number of rotatable bonds is 7. The van der Waals surface area contributed by atoms with Gasteiger partial charge in [-0.3, -0.25) is 0 Å². The molecule has 1 rings (SSSR count). The van der Waals surface area contributed by atoms with E-state index in [0.29, 0.717) is 0 Å². The summed E-state index contributed by atoms with van der Waals surface area (Å²) in [5.41, 5.74) is 1.18. The van der Waals surface area contributed by atoms with Crippen LogP contribution in [0.3, 0.4) is 0 Å². The van der Waals surface area contributed by atoms with Crippen molar-refractivity contribution in [3.8, 4) is 0 Å². The Morgan fingerprint density at radius 1 is 1.38 bits per heavy atom. The maximum Gasteiger partial charge on any atom is 0.116 e. The Morgan fingerprint density at radius 3 is 2.69 bits per heavy atom. The van der Waals surface area contributed by atoms with Gasteiger partial charge in [0.25, 0.3) is 0 Å². The summed E-state index contributed by atoms with van der Waals surface area (Å²) >= 11 is 0. The largest absolute Gasteiger partial charge is 0.544 e. The lowest BCUT2D eigenvalue weighted by Crippen LogP contribution is -2.87. The Bertz CT molecular complexity index is 314. The number of hydrogen-bond donors (Lipinski definition) is 1. The van der Waals surface area contributed by atoms with Gasteiger partial charge in [-0.25, -0.2) is 0 Å². The van der Waals surface area contributed by atoms with Crippen LogP contribution in [0.2, 0.25) is 0 Å². The molecule has 4 heteroatoms. The van der Waals surface area contributed by atoms with Gasteiger partial charge < -0.3 is 20.1 Å². The van der Waals surface area contributed by atoms with Gasteiger partial charge >= 0.3 is 0 Å². The normalized spacial score (nSPS) is 10.1. The minimum Gasteiger partial charge on any atom is -0.544 e. The first kappa shape index (κ1) is 12.5. The van der Waals surface area contributed by atoms with Crippen LogP contribution in [0.4, 0.5) is 5.69 Å². The van der Waals surface area contributed by atoms with Crippen molar-refractivity contribution in [3.63, 3.8) is 0 Å². The van der Waals surface area contributed by atoms with Gasteiger partial charge in [-0.05, 0) is 12.1 Å². The Balaban J connectivity index is 2.16. The number of anilines is 1. The van der Waals surface area contributed by atoms with Gasteiger partial charge in [-0.15, -0.1) is 0 Å². The summed E-state index contributed by atoms with van der Waals surface area (Å²) in [4.78, 5) is 12.3. The zero-order valence-corrected chi connectivity index (χ0v) is 9.56. The van der Waals surface area contributed by atoms with Crippen molar-refractivity contribution in [3.05, 3.63) is 30.3 Å². The lowest BCUT2D eigenvalue weighted by atomic mass is 10.3. The average Bonchev–Trinajstić information content (AvgIpc) is 2.29. The molecule has 0 aliphatic rings. The van der Waals surface area contributed by atoms with Crippen LogP contribution >= 0.6 is 0 Å². The van der Waals surface area contributed by atoms with E-state index in [4.69, 9.17) is 0 Å². The molecule has 0 aromatic heterocycles. The van der Waals surface area contributed by atoms with Gasteiger partial charge in [0.1, 0.15) is 6.54 Å². The van der Waals surface area contributed by atoms with Crippen molar-refractivity contribution in [2.75, 3.05) is 31.6 Å². The lowest BCUT2D eigenvalue weighted by Gasteiger charge is -2.18. The van der Waals surface area contributed by atoms with Crippen LogP contribution in [0.25, 0.3) is 0 Å². The standard InChI is InChI=1S/C12H18N2O2/c1-14(11-6-3-2-4-7-11)9-5-8-13-10-12(15)16/h2-4,6-7,13H,5,8-10H2,1H3,(H,15,16). The third kappa shape index (κ3) is 4.79. The van der Waals surface area contributed by atoms with Crippen LogP contribution in [0.15, 0.2) is 30.3 Å². The zero-order valence-electron chi connectivity index (χ0n) is 9.56. The van der Waals surface area contributed by atoms with Crippen LogP contribution in [0.5, 0.6) is 0 Å². The second-order valence-corrected chi connectivity index (χ2v) is 3.76. The molecule has 88 valence electrons. The fourth-order valence-electron chi connectivity index (χ4n) is 1.50. The molecule has 0 fully saturated rings. The van der Waals surface area contributed by atoms with Crippen LogP contribution in [0.1, 0.15) is 6.42 Å². The highest BCUT2D eigenvalue weighted by molar-refractivity contribution is 5.64. The van der Waals surface area contributed by atoms with Crippen molar-refractivity contribution >= 4 is 11.7 Å². The van der Waals surface area contributed by atoms with E-state index in [1.54, 1.807) is 5.32 Å². The van der Waals surface area contributed by atoms with Crippen molar-refractivity contribution in [1.82, 2.24) is 0 Å². The number of carboxylic acids is 1. The van der Waals surface area contributed by atoms with E-state index in [9.17, 15) is 9.90 Å². The fraction of sp³-hybridized carbons (Fsp3) is 0.417. The molecule has 0 unspecified atom stereocenters. The van der Waals surface area contributed by atoms with Gasteiger partial charge in [0.05, 0.1) is 12.5 Å². The molecule has 0 aliphatic heterocycles. The number of carbonyl (C=O) groups excluding carboxylic acids is 1. The highest BCUT2D eigenvalue weighted by atomic mass is 16.4. The molecule has 16 heavy (non-hydrogen) atoms. The number of hydrogen-bond acceptors (Lipinski definition) is 3. The Morgan fingerprint density at radius 2 is 2.06 bits per heavy atom. The zero-order chi connectivity index (χ0) is 11.8. The first-order chi connectivity index (χ1) is 7.70. The number of nitrogens with two attached hydrogens (primary N) is 1. The molecule has 0 aliphatic carbocycles. The van der Waals surface area contributed by atoms with Gasteiger partial charge in [0, 0.05) is 25.7 Å². The molecule has 1 aromatic rings. The molecule has 0 atom stereocenters. The Kier molecular flexibility index (Phi) is 5.36. The van der Waals surface area contributed by atoms with Crippen molar-refractivity contribution in [1.29, 1.82) is 0 Å². The van der Waals surface area contributed by atoms with Gasteiger partial charge in [0.15, 0.2) is 0 Å². The van der Waals surface area contributed by atoms with Crippen molar-refractivity contribution in [2.24, 2.45) is 0 Å². The maximum atomic E-state index is 10.2. The fourth-order valence-corrected chi connectivity index (χ4v) is 1.50. The molecular weight excluding hydrogens is 204 g/mol. The molecule has 0 saturated heterocycles. The summed E-state index contributed by atoms with van der Waals surface area (Å²) in [6, 6.07) is 10.1. The molecule has 0 spiro atoms. The number of carbonyl (C=O) groups is 1. The van der Waals surface area contributed by atoms with E-state index in [1.807, 2.05) is 25.2 Å². The molecule has 0 heterocycles. The third-order valence-electron chi connectivity index (χ3n) is 2.41. The monoisotopic (exact) mass is 222 g/mol. The van der Waals surface area contributed by atoms with E-state index < -0.39 is 5.97 Å². The predicted molar refractivity (Wildman–Crippen MR) is 61.0 cm³/mol. The summed E-state index contributed by atoms with van der Waals surface area (Å²) in [6.45, 7) is 1.79. The third-order valence-corrected chi connectivity index (χ3v) is 2.41. The van der Waals surface area contributed by atoms with Gasteiger partial charge in [0.2, 0.25) is 0 Å². The number of quaternary nitrogens is 1. The SMILES string of the molecule is CN(CCC[NH2+]CC(=O)[O-])c1ccccc1. The Hall–Kier alpha value is -1.55. The van der Waals surface area contributed by atoms with Crippen LogP contribution in [-0.4, -0.2) is 32.7 Å². The van der Waals surface area contributed by atoms with E-state index in [0.717, 1.165) is 19.5 Å². The number of carboxylic acid groups (broad SMARTS) is 1. The number of para-hydroxylation sites is 1. The second-order valence-electron chi connectivity index (χ2n) is 3.76. The minimum absolute atomic E-state index is 0.0506. The summed E-state index contributed by atoms with van der Waals surface area (Å²) < 4.78 is 0. The molecular formula is C12H18N2O2. The minimum atomic E-state index is -1.00. The molecule has 2 N–H and O–H groups in total. The number of nitrogens with zero attached hydrogens (tertiary/aromatic N) is 1. The van der Waals surface area contributed by atoms with Gasteiger partial charge in [-0.2, -0.15) is 0 Å². The highest BCUT2D eigenvalue weighted by Crippen LogP contribution is 2.10. The highest BCUT2D eigenvalue weighted by Gasteiger charge is 1.99. The average molecular weight is 222 g/mol. The summed E-state index contributed by atoms with van der Waals surface area (Å²) in [7, 11) is 2.04. The molecule has 0 bridgehead atoms. The predicted octanol–water partition coefficient (Wildman–Crippen LogP) is -1.17. The van der Waals surface area contributed by atoms with Gasteiger partial charge in [-0.1, -0.05) is 18.2 Å². The van der Waals surface area contributed by atoms with E-state index in [2.05, 4.69) is 17.0 Å². The van der Waals surface area contributed by atoms with E-state index in [-0.39, 0.29) is 6.54 Å². The summed E-state index contributed by atoms with van der Waals surface area (Å²) in [5, 5.41) is 11.9. The topological polar surface area (TPSA) is 60.0 Å². The van der Waals surface area contributed by atoms with Crippen molar-refractivity contribution in [2.45, 2.75) is 6.42 Å². The Labute approximate surface area is 95.9 Å². The van der Waals surface area contributed by atoms with Crippen LogP contribution < -0.4 is 15.3 Å². The molecule has 0 radical (unpaired) electrons.